The van der Waals surface area contributed by atoms with Crippen LogP contribution in [0.1, 0.15) is 5.56 Å². The van der Waals surface area contributed by atoms with Crippen LogP contribution in [0.5, 0.6) is 5.75 Å². The fraction of sp³-hybridized carbons (Fsp3) is 0.286. The van der Waals surface area contributed by atoms with E-state index in [1.807, 2.05) is 6.07 Å². The van der Waals surface area contributed by atoms with Crippen LogP contribution >= 0.6 is 31.9 Å². The van der Waals surface area contributed by atoms with Gasteiger partial charge in [0.25, 0.3) is 5.91 Å². The van der Waals surface area contributed by atoms with E-state index in [4.69, 9.17) is 14.7 Å². The van der Waals surface area contributed by atoms with Gasteiger partial charge in [0.1, 0.15) is 17.4 Å². The first-order valence-corrected chi connectivity index (χ1v) is 7.54. The molecular formula is C14H14Br2N2O3. The molecule has 21 heavy (non-hydrogen) atoms. The predicted octanol–water partition coefficient (Wildman–Crippen LogP) is 2.89. The number of methoxy groups -OCH3 is 2. The van der Waals surface area contributed by atoms with Crippen LogP contribution in [0.4, 0.5) is 0 Å². The highest BCUT2D eigenvalue weighted by Gasteiger charge is 2.11. The van der Waals surface area contributed by atoms with Crippen molar-refractivity contribution in [2.45, 2.75) is 0 Å². The van der Waals surface area contributed by atoms with Crippen LogP contribution in [0.3, 0.4) is 0 Å². The Hall–Kier alpha value is -1.36. The van der Waals surface area contributed by atoms with Gasteiger partial charge in [0.15, 0.2) is 0 Å². The van der Waals surface area contributed by atoms with Crippen molar-refractivity contribution >= 4 is 43.8 Å². The maximum Gasteiger partial charge on any atom is 0.262 e. The van der Waals surface area contributed by atoms with Crippen molar-refractivity contribution in [2.75, 3.05) is 27.4 Å². The molecule has 0 aliphatic rings. The van der Waals surface area contributed by atoms with Gasteiger partial charge in [-0.2, -0.15) is 5.26 Å². The predicted molar refractivity (Wildman–Crippen MR) is 86.9 cm³/mol. The first-order chi connectivity index (χ1) is 10.0. The summed E-state index contributed by atoms with van der Waals surface area (Å²) in [7, 11) is 3.10. The average molecular weight is 418 g/mol. The first kappa shape index (κ1) is 17.7. The highest BCUT2D eigenvalue weighted by molar-refractivity contribution is 9.11. The minimum Gasteiger partial charge on any atom is -0.494 e. The van der Waals surface area contributed by atoms with Crippen molar-refractivity contribution in [1.29, 1.82) is 5.26 Å². The summed E-state index contributed by atoms with van der Waals surface area (Å²) in [5, 5.41) is 11.7. The zero-order valence-corrected chi connectivity index (χ0v) is 14.7. The van der Waals surface area contributed by atoms with Gasteiger partial charge in [-0.1, -0.05) is 0 Å². The van der Waals surface area contributed by atoms with Gasteiger partial charge < -0.3 is 14.8 Å². The van der Waals surface area contributed by atoms with Gasteiger partial charge in [-0.05, 0) is 55.6 Å². The molecular weight excluding hydrogens is 404 g/mol. The molecule has 0 fully saturated rings. The Kier molecular flexibility index (Phi) is 7.43. The molecule has 0 bridgehead atoms. The number of nitriles is 1. The lowest BCUT2D eigenvalue weighted by molar-refractivity contribution is -0.117. The minimum absolute atomic E-state index is 0.0232. The van der Waals surface area contributed by atoms with Crippen molar-refractivity contribution in [3.8, 4) is 11.8 Å². The molecule has 1 rings (SSSR count). The van der Waals surface area contributed by atoms with Gasteiger partial charge in [-0.25, -0.2) is 0 Å². The number of carbonyl (C=O) groups is 1. The molecule has 1 N–H and O–H groups in total. The lowest BCUT2D eigenvalue weighted by Gasteiger charge is -2.08. The van der Waals surface area contributed by atoms with E-state index in [2.05, 4.69) is 37.2 Å². The Morgan fingerprint density at radius 1 is 1.38 bits per heavy atom. The van der Waals surface area contributed by atoms with E-state index in [9.17, 15) is 4.79 Å². The van der Waals surface area contributed by atoms with Crippen molar-refractivity contribution in [3.05, 3.63) is 32.2 Å². The molecule has 0 radical (unpaired) electrons. The number of amides is 1. The molecule has 0 aliphatic heterocycles. The summed E-state index contributed by atoms with van der Waals surface area (Å²) in [4.78, 5) is 11.8. The lowest BCUT2D eigenvalue weighted by atomic mass is 10.1. The third-order valence-electron chi connectivity index (χ3n) is 2.49. The van der Waals surface area contributed by atoms with Gasteiger partial charge in [-0.15, -0.1) is 0 Å². The highest BCUT2D eigenvalue weighted by Crippen LogP contribution is 2.34. The standard InChI is InChI=1S/C14H14Br2N2O3/c1-20-4-3-18-14(19)10(8-17)5-9-6-11(15)13(21-2)12(16)7-9/h5-7H,3-4H2,1-2H3,(H,18,19)/b10-5+. The molecule has 112 valence electrons. The molecule has 0 aliphatic carbocycles. The SMILES string of the molecule is COCCNC(=O)/C(C#N)=C/c1cc(Br)c(OC)c(Br)c1. The Labute approximate surface area is 140 Å². The fourth-order valence-electron chi connectivity index (χ4n) is 1.53. The van der Waals surface area contributed by atoms with Crippen LogP contribution in [0.25, 0.3) is 6.08 Å². The normalized spacial score (nSPS) is 10.9. The van der Waals surface area contributed by atoms with E-state index in [1.165, 1.54) is 6.08 Å². The quantitative estimate of drug-likeness (QED) is 0.438. The molecule has 5 nitrogen and oxygen atoms in total. The smallest absolute Gasteiger partial charge is 0.262 e. The number of hydrogen-bond acceptors (Lipinski definition) is 4. The number of halogens is 2. The second-order valence-electron chi connectivity index (χ2n) is 3.94. The topological polar surface area (TPSA) is 71.3 Å². The lowest BCUT2D eigenvalue weighted by Crippen LogP contribution is -2.27. The van der Waals surface area contributed by atoms with E-state index < -0.39 is 5.91 Å². The zero-order chi connectivity index (χ0) is 15.8. The van der Waals surface area contributed by atoms with E-state index in [0.29, 0.717) is 24.5 Å². The summed E-state index contributed by atoms with van der Waals surface area (Å²) in [6.07, 6.45) is 1.51. The Morgan fingerprint density at radius 2 is 2.00 bits per heavy atom. The third kappa shape index (κ3) is 5.16. The maximum atomic E-state index is 11.8. The van der Waals surface area contributed by atoms with Crippen molar-refractivity contribution in [3.63, 3.8) is 0 Å². The highest BCUT2D eigenvalue weighted by atomic mass is 79.9. The summed E-state index contributed by atoms with van der Waals surface area (Å²) in [5.74, 6) is 0.216. The van der Waals surface area contributed by atoms with Gasteiger partial charge in [0, 0.05) is 13.7 Å². The van der Waals surface area contributed by atoms with Crippen LogP contribution in [-0.4, -0.2) is 33.3 Å². The van der Waals surface area contributed by atoms with Gasteiger partial charge in [-0.3, -0.25) is 4.79 Å². The molecule has 0 atom stereocenters. The van der Waals surface area contributed by atoms with Crippen molar-refractivity contribution in [2.24, 2.45) is 0 Å². The van der Waals surface area contributed by atoms with Gasteiger partial charge >= 0.3 is 0 Å². The van der Waals surface area contributed by atoms with Gasteiger partial charge in [0.05, 0.1) is 22.7 Å². The summed E-state index contributed by atoms with van der Waals surface area (Å²) >= 11 is 6.75. The molecule has 1 aromatic carbocycles. The maximum absolute atomic E-state index is 11.8. The van der Waals surface area contributed by atoms with Gasteiger partial charge in [0.2, 0.25) is 0 Å². The Morgan fingerprint density at radius 3 is 2.48 bits per heavy atom. The summed E-state index contributed by atoms with van der Waals surface area (Å²) in [6.45, 7) is 0.744. The molecule has 7 heteroatoms. The molecule has 1 amide bonds. The third-order valence-corrected chi connectivity index (χ3v) is 3.67. The number of carbonyl (C=O) groups excluding carboxylic acids is 1. The average Bonchev–Trinajstić information content (AvgIpc) is 2.44. The largest absolute Gasteiger partial charge is 0.494 e. The molecule has 0 saturated carbocycles. The van der Waals surface area contributed by atoms with E-state index in [-0.39, 0.29) is 5.57 Å². The van der Waals surface area contributed by atoms with Crippen LogP contribution in [0.2, 0.25) is 0 Å². The number of nitrogens with zero attached hydrogens (tertiary/aromatic N) is 1. The van der Waals surface area contributed by atoms with Crippen LogP contribution in [-0.2, 0) is 9.53 Å². The molecule has 1 aromatic rings. The van der Waals surface area contributed by atoms with E-state index in [1.54, 1.807) is 26.4 Å². The number of ether oxygens (including phenoxy) is 2. The first-order valence-electron chi connectivity index (χ1n) is 5.95. The van der Waals surface area contributed by atoms with Crippen molar-refractivity contribution < 1.29 is 14.3 Å². The van der Waals surface area contributed by atoms with E-state index in [0.717, 1.165) is 8.95 Å². The van der Waals surface area contributed by atoms with Crippen LogP contribution in [0, 0.1) is 11.3 Å². The zero-order valence-electron chi connectivity index (χ0n) is 11.6. The number of benzene rings is 1. The van der Waals surface area contributed by atoms with E-state index >= 15 is 0 Å². The second-order valence-corrected chi connectivity index (χ2v) is 5.64. The monoisotopic (exact) mass is 416 g/mol. The van der Waals surface area contributed by atoms with Crippen molar-refractivity contribution in [1.82, 2.24) is 5.32 Å². The minimum atomic E-state index is -0.433. The molecule has 0 spiro atoms. The number of rotatable bonds is 6. The molecule has 0 saturated heterocycles. The Bertz CT molecular complexity index is 571. The number of nitrogens with one attached hydrogen (secondary N) is 1. The molecule has 0 aromatic heterocycles. The van der Waals surface area contributed by atoms with Crippen LogP contribution < -0.4 is 10.1 Å². The molecule has 0 unspecified atom stereocenters. The summed E-state index contributed by atoms with van der Waals surface area (Å²) in [5.41, 5.74) is 0.725. The number of hydrogen-bond donors (Lipinski definition) is 1. The van der Waals surface area contributed by atoms with Crippen LogP contribution in [0.15, 0.2) is 26.7 Å². The summed E-state index contributed by atoms with van der Waals surface area (Å²) < 4.78 is 11.5. The molecule has 0 heterocycles. The Balaban J connectivity index is 2.99. The summed E-state index contributed by atoms with van der Waals surface area (Å²) in [6, 6.07) is 5.43. The second kappa shape index (κ2) is 8.82. The fourth-order valence-corrected chi connectivity index (χ4v) is 3.08.